The van der Waals surface area contributed by atoms with Gasteiger partial charge >= 0.3 is 0 Å². The van der Waals surface area contributed by atoms with E-state index in [1.165, 1.54) is 10.6 Å². The fourth-order valence-electron chi connectivity index (χ4n) is 3.08. The molecule has 0 saturated heterocycles. The Labute approximate surface area is 173 Å². The van der Waals surface area contributed by atoms with Crippen molar-refractivity contribution in [3.8, 4) is 5.75 Å². The molecule has 158 valence electrons. The highest BCUT2D eigenvalue weighted by molar-refractivity contribution is 7.92. The van der Waals surface area contributed by atoms with Gasteiger partial charge in [-0.05, 0) is 61.6 Å². The summed E-state index contributed by atoms with van der Waals surface area (Å²) in [6.07, 6.45) is 2.66. The lowest BCUT2D eigenvalue weighted by atomic mass is 10.1. The van der Waals surface area contributed by atoms with E-state index in [0.717, 1.165) is 28.9 Å². The largest absolute Gasteiger partial charge is 0.497 e. The average molecular weight is 419 g/mol. The van der Waals surface area contributed by atoms with Gasteiger partial charge in [0.05, 0.1) is 19.1 Å². The molecule has 0 unspecified atom stereocenters. The van der Waals surface area contributed by atoms with Crippen LogP contribution in [0.1, 0.15) is 29.5 Å². The number of methoxy groups -OCH3 is 1. The van der Waals surface area contributed by atoms with E-state index in [2.05, 4.69) is 5.32 Å². The average Bonchev–Trinajstić information content (AvgIpc) is 2.67. The van der Waals surface area contributed by atoms with Gasteiger partial charge in [-0.1, -0.05) is 24.3 Å². The Morgan fingerprint density at radius 2 is 1.79 bits per heavy atom. The van der Waals surface area contributed by atoms with Crippen LogP contribution < -0.4 is 14.4 Å². The summed E-state index contributed by atoms with van der Waals surface area (Å²) in [6.45, 7) is 4.68. The highest BCUT2D eigenvalue weighted by atomic mass is 32.2. The van der Waals surface area contributed by atoms with Crippen LogP contribution in [0, 0.1) is 13.8 Å². The molecule has 1 N–H and O–H groups in total. The second-order valence-electron chi connectivity index (χ2n) is 7.11. The Balaban J connectivity index is 1.84. The fourth-order valence-corrected chi connectivity index (χ4v) is 4.10. The van der Waals surface area contributed by atoms with Gasteiger partial charge in [-0.25, -0.2) is 8.42 Å². The number of rotatable bonds is 10. The fraction of sp³-hybridized carbons (Fsp3) is 0.409. The summed E-state index contributed by atoms with van der Waals surface area (Å²) >= 11 is 0. The molecule has 0 atom stereocenters. The third-order valence-electron chi connectivity index (χ3n) is 4.91. The number of sulfonamides is 1. The molecule has 0 aromatic heterocycles. The van der Waals surface area contributed by atoms with Crippen molar-refractivity contribution in [3.63, 3.8) is 0 Å². The topological polar surface area (TPSA) is 75.7 Å². The van der Waals surface area contributed by atoms with E-state index in [9.17, 15) is 13.2 Å². The molecule has 2 rings (SSSR count). The van der Waals surface area contributed by atoms with Crippen LogP contribution in [0.3, 0.4) is 0 Å². The number of hydrogen-bond acceptors (Lipinski definition) is 4. The molecule has 0 fully saturated rings. The van der Waals surface area contributed by atoms with E-state index in [0.29, 0.717) is 18.7 Å². The predicted octanol–water partition coefficient (Wildman–Crippen LogP) is 3.22. The highest BCUT2D eigenvalue weighted by Crippen LogP contribution is 2.25. The van der Waals surface area contributed by atoms with Crippen LogP contribution >= 0.6 is 0 Å². The zero-order valence-corrected chi connectivity index (χ0v) is 18.4. The van der Waals surface area contributed by atoms with Crippen LogP contribution in [-0.4, -0.2) is 40.8 Å². The van der Waals surface area contributed by atoms with E-state index < -0.39 is 10.0 Å². The monoisotopic (exact) mass is 418 g/mol. The van der Waals surface area contributed by atoms with Crippen molar-refractivity contribution < 1.29 is 17.9 Å². The van der Waals surface area contributed by atoms with Gasteiger partial charge < -0.3 is 10.1 Å². The Hall–Kier alpha value is -2.54. The lowest BCUT2D eigenvalue weighted by Gasteiger charge is -2.24. The van der Waals surface area contributed by atoms with Gasteiger partial charge in [-0.3, -0.25) is 9.10 Å². The van der Waals surface area contributed by atoms with Gasteiger partial charge in [0.2, 0.25) is 15.9 Å². The van der Waals surface area contributed by atoms with Gasteiger partial charge in [0.15, 0.2) is 0 Å². The van der Waals surface area contributed by atoms with E-state index in [4.69, 9.17) is 4.74 Å². The molecule has 1 amide bonds. The molecular formula is C22H30N2O4S. The molecule has 2 aromatic rings. The van der Waals surface area contributed by atoms with Crippen molar-refractivity contribution in [2.24, 2.45) is 0 Å². The zero-order valence-electron chi connectivity index (χ0n) is 17.6. The lowest BCUT2D eigenvalue weighted by Crippen LogP contribution is -2.33. The van der Waals surface area contributed by atoms with Crippen LogP contribution in [0.2, 0.25) is 0 Å². The number of anilines is 1. The number of aryl methyl sites for hydroxylation is 1. The number of benzene rings is 2. The minimum atomic E-state index is -3.42. The lowest BCUT2D eigenvalue weighted by molar-refractivity contribution is -0.121. The van der Waals surface area contributed by atoms with E-state index in [1.807, 2.05) is 50.2 Å². The molecule has 0 aliphatic carbocycles. The number of nitrogens with zero attached hydrogens (tertiary/aromatic N) is 1. The van der Waals surface area contributed by atoms with E-state index in [-0.39, 0.29) is 18.9 Å². The first-order chi connectivity index (χ1) is 13.7. The Kier molecular flexibility index (Phi) is 8.08. The Bertz CT molecular complexity index is 924. The van der Waals surface area contributed by atoms with Crippen molar-refractivity contribution >= 4 is 21.6 Å². The minimum absolute atomic E-state index is 0.0760. The quantitative estimate of drug-likeness (QED) is 0.643. The number of carbonyl (C=O) groups excluding carboxylic acids is 1. The Morgan fingerprint density at radius 1 is 1.10 bits per heavy atom. The molecule has 29 heavy (non-hydrogen) atoms. The van der Waals surface area contributed by atoms with Crippen LogP contribution in [0.4, 0.5) is 5.69 Å². The standard InChI is InChI=1S/C22H30N2O4S/c1-17-7-5-8-21(18(17)2)24(29(4,26)27)16-6-9-22(25)23-15-14-19-10-12-20(28-3)13-11-19/h5,7-8,10-13H,6,9,14-16H2,1-4H3,(H,23,25). The first-order valence-corrected chi connectivity index (χ1v) is 11.5. The normalized spacial score (nSPS) is 11.2. The van der Waals surface area contributed by atoms with Crippen molar-refractivity contribution in [1.29, 1.82) is 0 Å². The summed E-state index contributed by atoms with van der Waals surface area (Å²) in [5.74, 6) is 0.727. The molecule has 0 heterocycles. The molecule has 7 heteroatoms. The first-order valence-electron chi connectivity index (χ1n) is 9.66. The molecular weight excluding hydrogens is 388 g/mol. The van der Waals surface area contributed by atoms with Crippen molar-refractivity contribution in [1.82, 2.24) is 5.32 Å². The summed E-state index contributed by atoms with van der Waals surface area (Å²) in [5.41, 5.74) is 3.76. The van der Waals surface area contributed by atoms with Crippen molar-refractivity contribution in [3.05, 3.63) is 59.2 Å². The van der Waals surface area contributed by atoms with E-state index in [1.54, 1.807) is 13.2 Å². The third-order valence-corrected chi connectivity index (χ3v) is 6.08. The van der Waals surface area contributed by atoms with Crippen molar-refractivity contribution in [2.75, 3.05) is 30.8 Å². The summed E-state index contributed by atoms with van der Waals surface area (Å²) in [5, 5.41) is 2.89. The molecule has 0 saturated carbocycles. The molecule has 0 aliphatic heterocycles. The second kappa shape index (κ2) is 10.3. The number of nitrogens with one attached hydrogen (secondary N) is 1. The molecule has 2 aromatic carbocycles. The zero-order chi connectivity index (χ0) is 21.4. The SMILES string of the molecule is COc1ccc(CCNC(=O)CCCN(c2cccc(C)c2C)S(C)(=O)=O)cc1. The molecule has 0 bridgehead atoms. The molecule has 0 aliphatic rings. The molecule has 0 spiro atoms. The van der Waals surface area contributed by atoms with Crippen LogP contribution in [0.5, 0.6) is 5.75 Å². The number of carbonyl (C=O) groups is 1. The van der Waals surface area contributed by atoms with Gasteiger partial charge in [0.1, 0.15) is 5.75 Å². The summed E-state index contributed by atoms with van der Waals surface area (Å²) in [4.78, 5) is 12.1. The van der Waals surface area contributed by atoms with Crippen LogP contribution in [-0.2, 0) is 21.2 Å². The van der Waals surface area contributed by atoms with Gasteiger partial charge in [0, 0.05) is 19.5 Å². The minimum Gasteiger partial charge on any atom is -0.497 e. The van der Waals surface area contributed by atoms with Gasteiger partial charge in [-0.2, -0.15) is 0 Å². The number of amides is 1. The van der Waals surface area contributed by atoms with Crippen molar-refractivity contribution in [2.45, 2.75) is 33.1 Å². The summed E-state index contributed by atoms with van der Waals surface area (Å²) < 4.78 is 31.0. The van der Waals surface area contributed by atoms with Crippen LogP contribution in [0.25, 0.3) is 0 Å². The predicted molar refractivity (Wildman–Crippen MR) is 117 cm³/mol. The number of hydrogen-bond donors (Lipinski definition) is 1. The smallest absolute Gasteiger partial charge is 0.232 e. The Morgan fingerprint density at radius 3 is 2.41 bits per heavy atom. The van der Waals surface area contributed by atoms with E-state index >= 15 is 0 Å². The summed E-state index contributed by atoms with van der Waals surface area (Å²) in [7, 11) is -1.80. The van der Waals surface area contributed by atoms with Gasteiger partial charge in [-0.15, -0.1) is 0 Å². The maximum absolute atomic E-state index is 12.3. The molecule has 0 radical (unpaired) electrons. The van der Waals surface area contributed by atoms with Gasteiger partial charge in [0.25, 0.3) is 0 Å². The summed E-state index contributed by atoms with van der Waals surface area (Å²) in [6, 6.07) is 13.3. The second-order valence-corrected chi connectivity index (χ2v) is 9.01. The van der Waals surface area contributed by atoms with Crippen LogP contribution in [0.15, 0.2) is 42.5 Å². The first kappa shape index (κ1) is 22.7. The number of ether oxygens (including phenoxy) is 1. The molecule has 6 nitrogen and oxygen atoms in total. The highest BCUT2D eigenvalue weighted by Gasteiger charge is 2.19. The third kappa shape index (κ3) is 6.78. The maximum Gasteiger partial charge on any atom is 0.232 e. The maximum atomic E-state index is 12.3.